The van der Waals surface area contributed by atoms with E-state index in [2.05, 4.69) is 39.7 Å². The van der Waals surface area contributed by atoms with Crippen LogP contribution in [0.4, 0.5) is 10.5 Å². The third kappa shape index (κ3) is 4.05. The Balaban J connectivity index is 1.29. The van der Waals surface area contributed by atoms with Crippen molar-refractivity contribution < 1.29 is 14.3 Å². The van der Waals surface area contributed by atoms with Crippen LogP contribution in [0, 0.1) is 0 Å². The Bertz CT molecular complexity index is 1200. The minimum absolute atomic E-state index is 0.0607. The highest BCUT2D eigenvalue weighted by molar-refractivity contribution is 5.92. The largest absolute Gasteiger partial charge is 0.493 e. The van der Waals surface area contributed by atoms with E-state index in [1.165, 1.54) is 5.56 Å². The minimum Gasteiger partial charge on any atom is -0.493 e. The Morgan fingerprint density at radius 2 is 1.91 bits per heavy atom. The van der Waals surface area contributed by atoms with E-state index >= 15 is 0 Å². The zero-order chi connectivity index (χ0) is 23.7. The van der Waals surface area contributed by atoms with Gasteiger partial charge in [0, 0.05) is 22.9 Å². The summed E-state index contributed by atoms with van der Waals surface area (Å²) in [4.78, 5) is 19.7. The van der Waals surface area contributed by atoms with Gasteiger partial charge in [0.25, 0.3) is 0 Å². The zero-order valence-electron chi connectivity index (χ0n) is 20.0. The van der Waals surface area contributed by atoms with Crippen molar-refractivity contribution in [3.8, 4) is 11.5 Å². The number of methoxy groups -OCH3 is 2. The predicted octanol–water partition coefficient (Wildman–Crippen LogP) is 4.57. The van der Waals surface area contributed by atoms with E-state index in [1.54, 1.807) is 20.4 Å². The average Bonchev–Trinajstić information content (AvgIpc) is 3.20. The van der Waals surface area contributed by atoms with Crippen molar-refractivity contribution in [2.75, 3.05) is 33.1 Å². The van der Waals surface area contributed by atoms with Crippen LogP contribution < -0.4 is 20.1 Å². The SMILES string of the molecule is COc1ccc(C23CCC(NC(=O)Nc4cnc5ccccc5c4)CC2N(C)CC3)cc1OC. The van der Waals surface area contributed by atoms with Crippen LogP contribution in [0.15, 0.2) is 54.7 Å². The molecule has 3 atom stereocenters. The van der Waals surface area contributed by atoms with E-state index in [1.807, 2.05) is 36.4 Å². The summed E-state index contributed by atoms with van der Waals surface area (Å²) in [6.07, 6.45) is 5.66. The number of likely N-dealkylation sites (tertiary alicyclic amines) is 1. The molecular weight excluding hydrogens is 428 g/mol. The fourth-order valence-electron chi connectivity index (χ4n) is 5.89. The molecule has 2 fully saturated rings. The fraction of sp³-hybridized carbons (Fsp3) is 0.407. The summed E-state index contributed by atoms with van der Waals surface area (Å²) in [5.41, 5.74) is 2.97. The third-order valence-corrected chi connectivity index (χ3v) is 7.67. The Kier molecular flexibility index (Phi) is 6.04. The number of aromatic nitrogens is 1. The number of rotatable bonds is 5. The Hall–Kier alpha value is -3.32. The molecule has 1 saturated heterocycles. The van der Waals surface area contributed by atoms with Gasteiger partial charge in [-0.1, -0.05) is 24.3 Å². The van der Waals surface area contributed by atoms with E-state index in [9.17, 15) is 4.79 Å². The van der Waals surface area contributed by atoms with E-state index < -0.39 is 0 Å². The first-order chi connectivity index (χ1) is 16.5. The number of hydrogen-bond donors (Lipinski definition) is 2. The number of urea groups is 1. The molecule has 1 aromatic heterocycles. The molecular formula is C27H32N4O3. The molecule has 2 aliphatic rings. The van der Waals surface area contributed by atoms with Gasteiger partial charge in [-0.3, -0.25) is 4.98 Å². The average molecular weight is 461 g/mol. The maximum absolute atomic E-state index is 12.8. The minimum atomic E-state index is -0.179. The first kappa shape index (κ1) is 22.5. The standard InChI is InChI=1S/C27H32N4O3/c1-31-13-12-27(19-8-9-23(33-2)24(15-19)34-3)11-10-20(16-25(27)31)29-26(32)30-21-14-18-6-4-5-7-22(18)28-17-21/h4-9,14-15,17,20,25H,10-13,16H2,1-3H3,(H2,29,30,32). The van der Waals surface area contributed by atoms with Crippen molar-refractivity contribution in [3.05, 3.63) is 60.3 Å². The molecule has 5 rings (SSSR count). The van der Waals surface area contributed by atoms with Crippen molar-refractivity contribution >= 4 is 22.6 Å². The van der Waals surface area contributed by atoms with E-state index in [0.29, 0.717) is 11.7 Å². The van der Waals surface area contributed by atoms with Crippen LogP contribution in [0.5, 0.6) is 11.5 Å². The van der Waals surface area contributed by atoms with Crippen LogP contribution in [0.2, 0.25) is 0 Å². The molecule has 2 heterocycles. The summed E-state index contributed by atoms with van der Waals surface area (Å²) in [6, 6.07) is 16.5. The highest BCUT2D eigenvalue weighted by Gasteiger charge is 2.50. The van der Waals surface area contributed by atoms with Crippen LogP contribution >= 0.6 is 0 Å². The molecule has 0 radical (unpaired) electrons. The van der Waals surface area contributed by atoms with Crippen molar-refractivity contribution in [2.24, 2.45) is 0 Å². The lowest BCUT2D eigenvalue weighted by Gasteiger charge is -2.45. The molecule has 3 unspecified atom stereocenters. The van der Waals surface area contributed by atoms with Crippen LogP contribution in [0.3, 0.4) is 0 Å². The van der Waals surface area contributed by atoms with Crippen LogP contribution in [-0.2, 0) is 5.41 Å². The lowest BCUT2D eigenvalue weighted by molar-refractivity contribution is 0.156. The topological polar surface area (TPSA) is 75.7 Å². The van der Waals surface area contributed by atoms with Crippen molar-refractivity contribution in [3.63, 3.8) is 0 Å². The first-order valence-electron chi connectivity index (χ1n) is 11.9. The van der Waals surface area contributed by atoms with Gasteiger partial charge in [-0.15, -0.1) is 0 Å². The smallest absolute Gasteiger partial charge is 0.319 e. The number of carbonyl (C=O) groups excluding carboxylic acids is 1. The summed E-state index contributed by atoms with van der Waals surface area (Å²) in [7, 11) is 5.54. The van der Waals surface area contributed by atoms with Crippen molar-refractivity contribution in [2.45, 2.75) is 43.2 Å². The molecule has 2 aromatic carbocycles. The number of nitrogens with one attached hydrogen (secondary N) is 2. The van der Waals surface area contributed by atoms with Gasteiger partial charge in [-0.25, -0.2) is 4.79 Å². The number of para-hydroxylation sites is 1. The second-order valence-electron chi connectivity index (χ2n) is 9.46. The molecule has 0 spiro atoms. The summed E-state index contributed by atoms with van der Waals surface area (Å²) in [5.74, 6) is 1.52. The second-order valence-corrected chi connectivity index (χ2v) is 9.46. The van der Waals surface area contributed by atoms with Gasteiger partial charge in [0.05, 0.1) is 31.6 Å². The quantitative estimate of drug-likeness (QED) is 0.584. The van der Waals surface area contributed by atoms with Gasteiger partial charge in [0.2, 0.25) is 0 Å². The normalized spacial score (nSPS) is 24.4. The summed E-state index contributed by atoms with van der Waals surface area (Å²) in [6.45, 7) is 1.04. The maximum atomic E-state index is 12.8. The molecule has 2 amide bonds. The lowest BCUT2D eigenvalue weighted by atomic mass is 9.65. The third-order valence-electron chi connectivity index (χ3n) is 7.67. The summed E-state index contributed by atoms with van der Waals surface area (Å²) < 4.78 is 11.0. The van der Waals surface area contributed by atoms with Gasteiger partial charge in [0.15, 0.2) is 11.5 Å². The molecule has 2 N–H and O–H groups in total. The maximum Gasteiger partial charge on any atom is 0.319 e. The molecule has 7 nitrogen and oxygen atoms in total. The Labute approximate surface area is 200 Å². The molecule has 1 saturated carbocycles. The van der Waals surface area contributed by atoms with Crippen LogP contribution in [0.1, 0.15) is 31.2 Å². The first-order valence-corrected chi connectivity index (χ1v) is 11.9. The zero-order valence-corrected chi connectivity index (χ0v) is 20.0. The molecule has 1 aliphatic heterocycles. The number of likely N-dealkylation sites (N-methyl/N-ethyl adjacent to an activating group) is 1. The molecule has 3 aromatic rings. The van der Waals surface area contributed by atoms with Gasteiger partial charge in [0.1, 0.15) is 0 Å². The Morgan fingerprint density at radius 3 is 2.74 bits per heavy atom. The van der Waals surface area contributed by atoms with E-state index in [-0.39, 0.29) is 17.5 Å². The van der Waals surface area contributed by atoms with E-state index in [0.717, 1.165) is 54.6 Å². The number of benzene rings is 2. The number of amides is 2. The lowest BCUT2D eigenvalue weighted by Crippen LogP contribution is -2.52. The van der Waals surface area contributed by atoms with Crippen LogP contribution in [-0.4, -0.2) is 55.8 Å². The highest BCUT2D eigenvalue weighted by Crippen LogP contribution is 2.49. The van der Waals surface area contributed by atoms with Gasteiger partial charge < -0.3 is 25.0 Å². The predicted molar refractivity (Wildman–Crippen MR) is 134 cm³/mol. The number of hydrogen-bond acceptors (Lipinski definition) is 5. The fourth-order valence-corrected chi connectivity index (χ4v) is 5.89. The number of nitrogens with zero attached hydrogens (tertiary/aromatic N) is 2. The van der Waals surface area contributed by atoms with Gasteiger partial charge in [-0.2, -0.15) is 0 Å². The number of anilines is 1. The number of ether oxygens (including phenoxy) is 2. The summed E-state index contributed by atoms with van der Waals surface area (Å²) in [5, 5.41) is 7.18. The Morgan fingerprint density at radius 1 is 1.09 bits per heavy atom. The number of pyridine rings is 1. The second kappa shape index (κ2) is 9.14. The molecule has 0 bridgehead atoms. The summed E-state index contributed by atoms with van der Waals surface area (Å²) >= 11 is 0. The molecule has 7 heteroatoms. The highest BCUT2D eigenvalue weighted by atomic mass is 16.5. The van der Waals surface area contributed by atoms with Crippen molar-refractivity contribution in [1.29, 1.82) is 0 Å². The molecule has 34 heavy (non-hydrogen) atoms. The number of fused-ring (bicyclic) bond motifs is 2. The van der Waals surface area contributed by atoms with E-state index in [4.69, 9.17) is 9.47 Å². The van der Waals surface area contributed by atoms with Gasteiger partial charge >= 0.3 is 6.03 Å². The van der Waals surface area contributed by atoms with Crippen molar-refractivity contribution in [1.82, 2.24) is 15.2 Å². The monoisotopic (exact) mass is 460 g/mol. The molecule has 1 aliphatic carbocycles. The number of carbonyl (C=O) groups is 1. The van der Waals surface area contributed by atoms with Gasteiger partial charge in [-0.05, 0) is 69.1 Å². The van der Waals surface area contributed by atoms with Crippen LogP contribution in [0.25, 0.3) is 10.9 Å². The molecule has 178 valence electrons.